The Balaban J connectivity index is 1.29. The predicted octanol–water partition coefficient (Wildman–Crippen LogP) is 4.03. The standard InChI is InChI=1S/C46H56N4O9/c1-8-42-18-12-19-50-34(23-44(37(42)50)31-16-15-28(55-5)21-33(31)48(4)38(44)46(54,41(53)57-7)39(42)58-26(3)51)45(40(52)56-6)22-27-24-49(25-43(9-2)36(27)59-43)20-17-30-29-13-10-11-14-32(29)47-35(30)45/h10-16,18,21,27,34,36-39,47,54H,8-9,17,19-20,22-25H2,1-7H3/t27-,34+,36+,37-,38+,39+,42+,43-,44+,45-,46-/m0/s1. The van der Waals surface area contributed by atoms with Crippen LogP contribution in [0.1, 0.15) is 63.3 Å². The number of hydrogen-bond acceptors (Lipinski definition) is 12. The van der Waals surface area contributed by atoms with Gasteiger partial charge in [0.2, 0.25) is 5.60 Å². The number of hydrogen-bond donors (Lipinski definition) is 2. The number of aromatic amines is 1. The Labute approximate surface area is 344 Å². The molecule has 1 spiro atoms. The molecular weight excluding hydrogens is 753 g/mol. The van der Waals surface area contributed by atoms with Gasteiger partial charge in [0.15, 0.2) is 6.10 Å². The van der Waals surface area contributed by atoms with Gasteiger partial charge in [-0.1, -0.05) is 50.3 Å². The normalized spacial score (nSPS) is 40.0. The lowest BCUT2D eigenvalue weighted by molar-refractivity contribution is -0.229. The number of para-hydroxylation sites is 1. The molecule has 3 saturated heterocycles. The second kappa shape index (κ2) is 13.0. The van der Waals surface area contributed by atoms with Gasteiger partial charge in [-0.3, -0.25) is 19.4 Å². The molecule has 3 aromatic rings. The van der Waals surface area contributed by atoms with Crippen molar-refractivity contribution in [2.45, 2.75) is 105 Å². The number of epoxide rings is 1. The van der Waals surface area contributed by atoms with Gasteiger partial charge in [-0.05, 0) is 55.4 Å². The maximum atomic E-state index is 15.7. The third-order valence-electron chi connectivity index (χ3n) is 16.2. The summed E-state index contributed by atoms with van der Waals surface area (Å²) in [6, 6.07) is 12.3. The SMILES string of the molecule is CC[C@]12CN3CCc4c([nH]c5ccccc45)[C@@](C(=O)OC)([C@H]4C[C@]56c7ccc(OC)cc7N(C)[C@H]5[C@@](O)(C(=O)OC)[C@H](OC(C)=O)[C@]5(CC)C=CCN4[C@@H]56)C[C@@H](C3)[C@H]1O2. The minimum Gasteiger partial charge on any atom is -0.497 e. The zero-order valence-electron chi connectivity index (χ0n) is 35.1. The summed E-state index contributed by atoms with van der Waals surface area (Å²) in [6.07, 6.45) is 5.63. The number of piperidine rings is 1. The number of ether oxygens (including phenoxy) is 5. The molecule has 13 heteroatoms. The maximum Gasteiger partial charge on any atom is 0.344 e. The van der Waals surface area contributed by atoms with Crippen LogP contribution in [0.4, 0.5) is 5.69 Å². The summed E-state index contributed by atoms with van der Waals surface area (Å²) in [5, 5.41) is 14.6. The molecule has 13 nitrogen and oxygen atoms in total. The molecule has 7 aliphatic rings. The number of carbonyl (C=O) groups excluding carboxylic acids is 3. The fourth-order valence-electron chi connectivity index (χ4n) is 14.1. The molecule has 2 aromatic carbocycles. The van der Waals surface area contributed by atoms with Crippen LogP contribution in [0.2, 0.25) is 0 Å². The summed E-state index contributed by atoms with van der Waals surface area (Å²) in [6.45, 7) is 8.48. The van der Waals surface area contributed by atoms with E-state index in [0.717, 1.165) is 65.9 Å². The summed E-state index contributed by atoms with van der Waals surface area (Å²) >= 11 is 0. The molecule has 10 rings (SSSR count). The predicted molar refractivity (Wildman–Crippen MR) is 218 cm³/mol. The average Bonchev–Trinajstić information content (AvgIpc) is 3.58. The molecule has 7 heterocycles. The van der Waals surface area contributed by atoms with E-state index >= 15 is 4.79 Å². The van der Waals surface area contributed by atoms with Gasteiger partial charge in [0, 0.05) is 97.3 Å². The highest BCUT2D eigenvalue weighted by atomic mass is 16.6. The fraction of sp³-hybridized carbons (Fsp3) is 0.587. The minimum atomic E-state index is -2.34. The van der Waals surface area contributed by atoms with Gasteiger partial charge in [0.25, 0.3) is 0 Å². The highest BCUT2D eigenvalue weighted by Gasteiger charge is 2.83. The van der Waals surface area contributed by atoms with Gasteiger partial charge >= 0.3 is 17.9 Å². The van der Waals surface area contributed by atoms with Crippen LogP contribution in [0.3, 0.4) is 0 Å². The molecule has 2 N–H and O–H groups in total. The first-order valence-corrected chi connectivity index (χ1v) is 21.3. The van der Waals surface area contributed by atoms with Gasteiger partial charge in [-0.2, -0.15) is 0 Å². The molecule has 1 saturated carbocycles. The molecule has 1 aliphatic carbocycles. The van der Waals surface area contributed by atoms with Crippen LogP contribution >= 0.6 is 0 Å². The molecule has 12 atom stereocenters. The van der Waals surface area contributed by atoms with Gasteiger partial charge < -0.3 is 38.7 Å². The number of methoxy groups -OCH3 is 3. The van der Waals surface area contributed by atoms with Gasteiger partial charge in [-0.25, -0.2) is 4.79 Å². The lowest BCUT2D eigenvalue weighted by Crippen LogP contribution is -2.81. The summed E-state index contributed by atoms with van der Waals surface area (Å²) in [5.74, 6) is -1.20. The number of nitrogens with one attached hydrogen (secondary N) is 1. The van der Waals surface area contributed by atoms with Crippen molar-refractivity contribution < 1.29 is 43.2 Å². The Bertz CT molecular complexity index is 2290. The van der Waals surface area contributed by atoms with E-state index in [1.54, 1.807) is 7.11 Å². The van der Waals surface area contributed by atoms with Crippen molar-refractivity contribution in [1.82, 2.24) is 14.8 Å². The van der Waals surface area contributed by atoms with E-state index in [1.807, 2.05) is 37.1 Å². The van der Waals surface area contributed by atoms with E-state index in [4.69, 9.17) is 23.7 Å². The zero-order chi connectivity index (χ0) is 41.4. The Morgan fingerprint density at radius 2 is 1.78 bits per heavy atom. The fourth-order valence-corrected chi connectivity index (χ4v) is 14.1. The number of carbonyl (C=O) groups is 3. The van der Waals surface area contributed by atoms with Crippen molar-refractivity contribution in [3.05, 3.63) is 71.4 Å². The number of aliphatic hydroxyl groups is 1. The second-order valence-electron chi connectivity index (χ2n) is 18.3. The van der Waals surface area contributed by atoms with Crippen molar-refractivity contribution in [2.24, 2.45) is 11.3 Å². The van der Waals surface area contributed by atoms with E-state index in [1.165, 1.54) is 21.1 Å². The summed E-state index contributed by atoms with van der Waals surface area (Å²) in [5.41, 5.74) is -1.33. The molecule has 4 fully saturated rings. The molecule has 2 bridgehead atoms. The van der Waals surface area contributed by atoms with Gasteiger partial charge in [-0.15, -0.1) is 0 Å². The quantitative estimate of drug-likeness (QED) is 0.154. The van der Waals surface area contributed by atoms with E-state index < -0.39 is 58.0 Å². The van der Waals surface area contributed by atoms with E-state index in [2.05, 4.69) is 58.1 Å². The number of H-pyrrole nitrogens is 1. The Morgan fingerprint density at radius 3 is 2.49 bits per heavy atom. The van der Waals surface area contributed by atoms with Crippen molar-refractivity contribution in [3.63, 3.8) is 0 Å². The summed E-state index contributed by atoms with van der Waals surface area (Å²) in [4.78, 5) is 54.3. The largest absolute Gasteiger partial charge is 0.497 e. The van der Waals surface area contributed by atoms with Crippen LogP contribution in [-0.2, 0) is 50.6 Å². The summed E-state index contributed by atoms with van der Waals surface area (Å²) in [7, 11) is 6.24. The van der Waals surface area contributed by atoms with Crippen LogP contribution in [0, 0.1) is 11.3 Å². The highest BCUT2D eigenvalue weighted by molar-refractivity contribution is 5.92. The molecular formula is C46H56N4O9. The molecule has 0 radical (unpaired) electrons. The smallest absolute Gasteiger partial charge is 0.344 e. The third-order valence-corrected chi connectivity index (χ3v) is 16.2. The number of anilines is 1. The van der Waals surface area contributed by atoms with Crippen molar-refractivity contribution in [2.75, 3.05) is 59.5 Å². The van der Waals surface area contributed by atoms with Crippen LogP contribution in [0.15, 0.2) is 54.6 Å². The highest BCUT2D eigenvalue weighted by Crippen LogP contribution is 2.70. The van der Waals surface area contributed by atoms with Crippen molar-refractivity contribution >= 4 is 34.5 Å². The van der Waals surface area contributed by atoms with Crippen LogP contribution < -0.4 is 9.64 Å². The molecule has 0 amide bonds. The molecule has 1 unspecified atom stereocenters. The number of likely N-dealkylation sites (N-methyl/N-ethyl adjacent to an activating group) is 1. The first kappa shape index (κ1) is 38.8. The topological polar surface area (TPSA) is 146 Å². The monoisotopic (exact) mass is 808 g/mol. The van der Waals surface area contributed by atoms with Gasteiger partial charge in [0.1, 0.15) is 16.8 Å². The average molecular weight is 809 g/mol. The zero-order valence-corrected chi connectivity index (χ0v) is 35.1. The Hall–Kier alpha value is -4.43. The first-order valence-electron chi connectivity index (χ1n) is 21.3. The minimum absolute atomic E-state index is 0.00662. The molecule has 1 aromatic heterocycles. The first-order chi connectivity index (χ1) is 28.3. The molecule has 59 heavy (non-hydrogen) atoms. The van der Waals surface area contributed by atoms with E-state index in [-0.39, 0.29) is 23.6 Å². The van der Waals surface area contributed by atoms with Crippen LogP contribution in [-0.4, -0.2) is 134 Å². The number of benzene rings is 2. The number of rotatable bonds is 7. The third kappa shape index (κ3) is 4.73. The van der Waals surface area contributed by atoms with E-state index in [9.17, 15) is 14.7 Å². The van der Waals surface area contributed by atoms with E-state index in [0.29, 0.717) is 31.6 Å². The lowest BCUT2D eigenvalue weighted by Gasteiger charge is -2.63. The van der Waals surface area contributed by atoms with Crippen LogP contribution in [0.25, 0.3) is 10.9 Å². The number of esters is 3. The number of fused-ring (bicyclic) bond motifs is 8. The van der Waals surface area contributed by atoms with Crippen molar-refractivity contribution in [1.29, 1.82) is 0 Å². The van der Waals surface area contributed by atoms with Crippen LogP contribution in [0.5, 0.6) is 5.75 Å². The van der Waals surface area contributed by atoms with Crippen molar-refractivity contribution in [3.8, 4) is 5.75 Å². The maximum absolute atomic E-state index is 15.7. The van der Waals surface area contributed by atoms with Gasteiger partial charge in [0.05, 0.1) is 33.5 Å². The molecule has 6 aliphatic heterocycles. The number of nitrogens with zero attached hydrogens (tertiary/aromatic N) is 3. The Morgan fingerprint density at radius 1 is 1.00 bits per heavy atom. The second-order valence-corrected chi connectivity index (χ2v) is 18.3. The summed E-state index contributed by atoms with van der Waals surface area (Å²) < 4.78 is 30.4. The number of aromatic nitrogens is 1. The lowest BCUT2D eigenvalue weighted by atomic mass is 9.47. The Kier molecular flexibility index (Phi) is 8.56. The molecule has 314 valence electrons.